The van der Waals surface area contributed by atoms with Crippen molar-refractivity contribution in [3.05, 3.63) is 53.8 Å². The summed E-state index contributed by atoms with van der Waals surface area (Å²) in [6, 6.07) is 10.8. The molecule has 3 nitrogen and oxygen atoms in total. The Balaban J connectivity index is 2.03. The van der Waals surface area contributed by atoms with Gasteiger partial charge in [0.05, 0.1) is 13.0 Å². The summed E-state index contributed by atoms with van der Waals surface area (Å²) in [6.07, 6.45) is 2.41. The average molecular weight is 437 g/mol. The van der Waals surface area contributed by atoms with Crippen molar-refractivity contribution in [1.82, 2.24) is 0 Å². The lowest BCUT2D eigenvalue weighted by molar-refractivity contribution is -0.161. The van der Waals surface area contributed by atoms with Crippen molar-refractivity contribution in [1.29, 1.82) is 0 Å². The number of ether oxygens (including phenoxy) is 2. The van der Waals surface area contributed by atoms with Gasteiger partial charge in [-0.25, -0.2) is 0 Å². The van der Waals surface area contributed by atoms with Gasteiger partial charge in [0, 0.05) is 0 Å². The third kappa shape index (κ3) is 7.60. The van der Waals surface area contributed by atoms with E-state index in [1.807, 2.05) is 18.2 Å². The van der Waals surface area contributed by atoms with E-state index in [0.717, 1.165) is 49.0 Å². The van der Waals surface area contributed by atoms with Crippen molar-refractivity contribution in [2.45, 2.75) is 70.9 Å². The second-order valence-electron chi connectivity index (χ2n) is 7.74. The molecule has 31 heavy (non-hydrogen) atoms. The van der Waals surface area contributed by atoms with Gasteiger partial charge in [-0.05, 0) is 54.3 Å². The number of halogens is 3. The highest BCUT2D eigenvalue weighted by Gasteiger charge is 2.38. The SMILES string of the molecule is CCCCCCCC/C=C(/OC(=O)[C@@H](C)c1ccc2cc(OC)ccc2c1)C(F)(F)F. The Labute approximate surface area is 182 Å². The summed E-state index contributed by atoms with van der Waals surface area (Å²) >= 11 is 0. The lowest BCUT2D eigenvalue weighted by Crippen LogP contribution is -2.21. The maximum atomic E-state index is 13.3. The van der Waals surface area contributed by atoms with E-state index in [0.29, 0.717) is 17.7 Å². The van der Waals surface area contributed by atoms with Crippen LogP contribution in [-0.2, 0) is 9.53 Å². The van der Waals surface area contributed by atoms with Crippen LogP contribution in [0.3, 0.4) is 0 Å². The normalized spacial score (nSPS) is 13.3. The molecule has 0 unspecified atom stereocenters. The number of methoxy groups -OCH3 is 1. The number of fused-ring (bicyclic) bond motifs is 1. The predicted octanol–water partition coefficient (Wildman–Crippen LogP) is 7.69. The quantitative estimate of drug-likeness (QED) is 0.206. The molecule has 0 aromatic heterocycles. The second kappa shape index (κ2) is 11.8. The number of alkyl halides is 3. The highest BCUT2D eigenvalue weighted by molar-refractivity contribution is 5.87. The number of rotatable bonds is 11. The van der Waals surface area contributed by atoms with Gasteiger partial charge in [0.1, 0.15) is 5.75 Å². The zero-order chi connectivity index (χ0) is 22.9. The van der Waals surface area contributed by atoms with Gasteiger partial charge in [0.2, 0.25) is 5.76 Å². The predicted molar refractivity (Wildman–Crippen MR) is 117 cm³/mol. The van der Waals surface area contributed by atoms with Crippen molar-refractivity contribution in [2.24, 2.45) is 0 Å². The van der Waals surface area contributed by atoms with E-state index >= 15 is 0 Å². The van der Waals surface area contributed by atoms with E-state index in [1.54, 1.807) is 32.2 Å². The minimum atomic E-state index is -4.70. The van der Waals surface area contributed by atoms with Gasteiger partial charge >= 0.3 is 12.1 Å². The number of unbranched alkanes of at least 4 members (excludes halogenated alkanes) is 6. The number of esters is 1. The molecule has 2 rings (SSSR count). The summed E-state index contributed by atoms with van der Waals surface area (Å²) in [5.74, 6) is -2.26. The van der Waals surface area contributed by atoms with Crippen LogP contribution in [0.15, 0.2) is 48.2 Å². The number of allylic oxidation sites excluding steroid dienone is 2. The number of hydrogen-bond acceptors (Lipinski definition) is 3. The van der Waals surface area contributed by atoms with Crippen LogP contribution >= 0.6 is 0 Å². The van der Waals surface area contributed by atoms with Gasteiger partial charge in [-0.3, -0.25) is 4.79 Å². The van der Waals surface area contributed by atoms with Crippen LogP contribution in [0.2, 0.25) is 0 Å². The number of carbonyl (C=O) groups excluding carboxylic acids is 1. The lowest BCUT2D eigenvalue weighted by Gasteiger charge is -2.16. The lowest BCUT2D eigenvalue weighted by atomic mass is 9.98. The third-order valence-electron chi connectivity index (χ3n) is 5.30. The van der Waals surface area contributed by atoms with Gasteiger partial charge in [0.25, 0.3) is 0 Å². The van der Waals surface area contributed by atoms with E-state index in [4.69, 9.17) is 9.47 Å². The van der Waals surface area contributed by atoms with E-state index in [2.05, 4.69) is 6.92 Å². The van der Waals surface area contributed by atoms with Crippen molar-refractivity contribution in [3.8, 4) is 5.75 Å². The molecule has 0 saturated heterocycles. The van der Waals surface area contributed by atoms with Crippen LogP contribution in [0.1, 0.15) is 70.3 Å². The number of carbonyl (C=O) groups is 1. The minimum absolute atomic E-state index is 0.237. The minimum Gasteiger partial charge on any atom is -0.497 e. The molecule has 0 radical (unpaired) electrons. The standard InChI is InChI=1S/C25H31F3O3/c1-4-5-6-7-8-9-10-11-23(25(26,27)28)31-24(29)18(2)19-12-13-21-17-22(30-3)15-14-20(21)16-19/h11-18H,4-10H2,1-3H3/b23-11+/t18-/m0/s1. The van der Waals surface area contributed by atoms with Crippen molar-refractivity contribution in [2.75, 3.05) is 7.11 Å². The van der Waals surface area contributed by atoms with Crippen LogP contribution in [0.5, 0.6) is 5.75 Å². The van der Waals surface area contributed by atoms with Gasteiger partial charge in [0.15, 0.2) is 0 Å². The molecule has 0 fully saturated rings. The molecule has 0 spiro atoms. The van der Waals surface area contributed by atoms with Crippen LogP contribution in [0.4, 0.5) is 13.2 Å². The molecule has 2 aromatic rings. The zero-order valence-corrected chi connectivity index (χ0v) is 18.4. The average Bonchev–Trinajstić information content (AvgIpc) is 2.75. The first-order valence-corrected chi connectivity index (χ1v) is 10.8. The van der Waals surface area contributed by atoms with E-state index in [-0.39, 0.29) is 6.42 Å². The van der Waals surface area contributed by atoms with Crippen LogP contribution in [0.25, 0.3) is 10.8 Å². The Hall–Kier alpha value is -2.50. The highest BCUT2D eigenvalue weighted by atomic mass is 19.4. The first kappa shape index (κ1) is 24.8. The number of hydrogen-bond donors (Lipinski definition) is 0. The summed E-state index contributed by atoms with van der Waals surface area (Å²) < 4.78 is 50.0. The molecule has 0 N–H and O–H groups in total. The molecule has 0 aliphatic heterocycles. The zero-order valence-electron chi connectivity index (χ0n) is 18.4. The first-order chi connectivity index (χ1) is 14.8. The Bertz CT molecular complexity index is 887. The summed E-state index contributed by atoms with van der Waals surface area (Å²) in [5.41, 5.74) is 0.597. The van der Waals surface area contributed by atoms with Gasteiger partial charge in [-0.1, -0.05) is 63.3 Å². The Morgan fingerprint density at radius 3 is 2.32 bits per heavy atom. The van der Waals surface area contributed by atoms with Crippen LogP contribution in [-0.4, -0.2) is 19.3 Å². The van der Waals surface area contributed by atoms with E-state index < -0.39 is 23.8 Å². The van der Waals surface area contributed by atoms with Crippen LogP contribution in [0, 0.1) is 0 Å². The van der Waals surface area contributed by atoms with E-state index in [1.165, 1.54) is 0 Å². The van der Waals surface area contributed by atoms with Crippen molar-refractivity contribution >= 4 is 16.7 Å². The van der Waals surface area contributed by atoms with Crippen LogP contribution < -0.4 is 4.74 Å². The summed E-state index contributed by atoms with van der Waals surface area (Å²) in [4.78, 5) is 12.5. The maximum absolute atomic E-state index is 13.3. The fourth-order valence-corrected chi connectivity index (χ4v) is 3.34. The smallest absolute Gasteiger partial charge is 0.449 e. The molecule has 0 aliphatic rings. The Morgan fingerprint density at radius 1 is 1.00 bits per heavy atom. The van der Waals surface area contributed by atoms with Crippen molar-refractivity contribution < 1.29 is 27.4 Å². The van der Waals surface area contributed by atoms with Gasteiger partial charge < -0.3 is 9.47 Å². The maximum Gasteiger partial charge on any atom is 0.449 e. The first-order valence-electron chi connectivity index (χ1n) is 10.8. The molecule has 6 heteroatoms. The molecule has 0 saturated carbocycles. The summed E-state index contributed by atoms with van der Waals surface area (Å²) in [7, 11) is 1.58. The van der Waals surface area contributed by atoms with E-state index in [9.17, 15) is 18.0 Å². The topological polar surface area (TPSA) is 35.5 Å². The molecule has 0 bridgehead atoms. The molecule has 170 valence electrons. The summed E-state index contributed by atoms with van der Waals surface area (Å²) in [5, 5.41) is 1.78. The monoisotopic (exact) mass is 436 g/mol. The molecule has 0 aliphatic carbocycles. The third-order valence-corrected chi connectivity index (χ3v) is 5.30. The number of benzene rings is 2. The Morgan fingerprint density at radius 2 is 1.65 bits per heavy atom. The molecule has 0 heterocycles. The molecular weight excluding hydrogens is 405 g/mol. The fraction of sp³-hybridized carbons (Fsp3) is 0.480. The largest absolute Gasteiger partial charge is 0.497 e. The molecule has 1 atom stereocenters. The van der Waals surface area contributed by atoms with Crippen molar-refractivity contribution in [3.63, 3.8) is 0 Å². The second-order valence-corrected chi connectivity index (χ2v) is 7.74. The van der Waals surface area contributed by atoms with Gasteiger partial charge in [-0.2, -0.15) is 13.2 Å². The Kier molecular flexibility index (Phi) is 9.41. The highest BCUT2D eigenvalue weighted by Crippen LogP contribution is 2.31. The van der Waals surface area contributed by atoms with Gasteiger partial charge in [-0.15, -0.1) is 0 Å². The molecule has 2 aromatic carbocycles. The fourth-order valence-electron chi connectivity index (χ4n) is 3.34. The molecular formula is C25H31F3O3. The molecule has 0 amide bonds. The summed E-state index contributed by atoms with van der Waals surface area (Å²) in [6.45, 7) is 3.66.